The summed E-state index contributed by atoms with van der Waals surface area (Å²) in [5, 5.41) is 9.13. The van der Waals surface area contributed by atoms with E-state index >= 15 is 0 Å². The molecule has 10 heavy (non-hydrogen) atoms. The molecule has 60 valence electrons. The van der Waals surface area contributed by atoms with Crippen molar-refractivity contribution in [2.45, 2.75) is 6.41 Å². The lowest BCUT2D eigenvalue weighted by molar-refractivity contribution is -0.194. The van der Waals surface area contributed by atoms with Gasteiger partial charge in [-0.05, 0) is 0 Å². The molecule has 1 heterocycles. The Morgan fingerprint density at radius 3 is 2.60 bits per heavy atom. The van der Waals surface area contributed by atoms with E-state index in [2.05, 4.69) is 0 Å². The predicted molar refractivity (Wildman–Crippen MR) is 35.4 cm³/mol. The van der Waals surface area contributed by atoms with Crippen LogP contribution in [0.2, 0.25) is 0 Å². The van der Waals surface area contributed by atoms with Crippen molar-refractivity contribution in [3.05, 3.63) is 0 Å². The van der Waals surface area contributed by atoms with Crippen LogP contribution in [0.1, 0.15) is 0 Å². The number of methoxy groups -OCH3 is 1. The van der Waals surface area contributed by atoms with Gasteiger partial charge in [0.2, 0.25) is 6.41 Å². The molecule has 4 nitrogen and oxygen atoms in total. The van der Waals surface area contributed by atoms with Gasteiger partial charge in [-0.3, -0.25) is 4.90 Å². The molecule has 0 radical (unpaired) electrons. The van der Waals surface area contributed by atoms with Crippen LogP contribution in [-0.4, -0.2) is 49.8 Å². The van der Waals surface area contributed by atoms with E-state index in [1.807, 2.05) is 4.90 Å². The van der Waals surface area contributed by atoms with Crippen LogP contribution in [0.5, 0.6) is 0 Å². The lowest BCUT2D eigenvalue weighted by atomic mass is 10.4. The molecule has 1 atom stereocenters. The van der Waals surface area contributed by atoms with Gasteiger partial charge in [0.15, 0.2) is 0 Å². The topological polar surface area (TPSA) is 41.9 Å². The number of aliphatic hydroxyl groups excluding tert-OH is 1. The van der Waals surface area contributed by atoms with Gasteiger partial charge in [-0.2, -0.15) is 0 Å². The minimum atomic E-state index is -0.760. The Labute approximate surface area is 60.3 Å². The van der Waals surface area contributed by atoms with Gasteiger partial charge in [0.05, 0.1) is 13.2 Å². The molecule has 0 spiro atoms. The summed E-state index contributed by atoms with van der Waals surface area (Å²) < 4.78 is 9.80. The minimum absolute atomic E-state index is 0.681. The maximum absolute atomic E-state index is 9.13. The second-order valence-electron chi connectivity index (χ2n) is 2.21. The summed E-state index contributed by atoms with van der Waals surface area (Å²) >= 11 is 0. The molecule has 0 aromatic carbocycles. The molecule has 0 saturated carbocycles. The molecule has 0 aromatic heterocycles. The number of rotatable bonds is 2. The summed E-state index contributed by atoms with van der Waals surface area (Å²) in [6, 6.07) is 0. The van der Waals surface area contributed by atoms with Crippen LogP contribution in [0.4, 0.5) is 0 Å². The van der Waals surface area contributed by atoms with E-state index in [-0.39, 0.29) is 0 Å². The highest BCUT2D eigenvalue weighted by Gasteiger charge is 2.16. The zero-order chi connectivity index (χ0) is 7.40. The Morgan fingerprint density at radius 1 is 1.50 bits per heavy atom. The Hall–Kier alpha value is -0.160. The average Bonchev–Trinajstić information content (AvgIpc) is 2.05. The van der Waals surface area contributed by atoms with Crippen LogP contribution in [-0.2, 0) is 9.47 Å². The lowest BCUT2D eigenvalue weighted by Crippen LogP contribution is -2.44. The van der Waals surface area contributed by atoms with Crippen LogP contribution in [0.25, 0.3) is 0 Å². The number of morpholine rings is 1. The van der Waals surface area contributed by atoms with Crippen molar-refractivity contribution in [1.82, 2.24) is 4.90 Å². The fourth-order valence-electron chi connectivity index (χ4n) is 0.947. The fraction of sp³-hybridized carbons (Fsp3) is 1.00. The van der Waals surface area contributed by atoms with Crippen LogP contribution < -0.4 is 0 Å². The summed E-state index contributed by atoms with van der Waals surface area (Å²) in [6.45, 7) is 2.85. The average molecular weight is 147 g/mol. The van der Waals surface area contributed by atoms with Crippen LogP contribution >= 0.6 is 0 Å². The Bertz CT molecular complexity index is 93.0. The van der Waals surface area contributed by atoms with E-state index in [0.717, 1.165) is 13.1 Å². The molecule has 0 unspecified atom stereocenters. The zero-order valence-corrected chi connectivity index (χ0v) is 6.12. The van der Waals surface area contributed by atoms with Gasteiger partial charge in [0.25, 0.3) is 0 Å². The van der Waals surface area contributed by atoms with Crippen molar-refractivity contribution in [1.29, 1.82) is 0 Å². The summed E-state index contributed by atoms with van der Waals surface area (Å²) in [6.07, 6.45) is -0.760. The lowest BCUT2D eigenvalue weighted by Gasteiger charge is -2.29. The van der Waals surface area contributed by atoms with Gasteiger partial charge >= 0.3 is 0 Å². The second-order valence-corrected chi connectivity index (χ2v) is 2.21. The van der Waals surface area contributed by atoms with Crippen LogP contribution in [0, 0.1) is 0 Å². The molecule has 1 N–H and O–H groups in total. The molecular formula is C6H13NO3. The van der Waals surface area contributed by atoms with Crippen LogP contribution in [0.3, 0.4) is 0 Å². The van der Waals surface area contributed by atoms with E-state index < -0.39 is 6.41 Å². The van der Waals surface area contributed by atoms with Crippen LogP contribution in [0.15, 0.2) is 0 Å². The van der Waals surface area contributed by atoms with E-state index in [0.29, 0.717) is 13.2 Å². The van der Waals surface area contributed by atoms with Crippen molar-refractivity contribution < 1.29 is 14.6 Å². The molecule has 0 aromatic rings. The van der Waals surface area contributed by atoms with E-state index in [4.69, 9.17) is 14.6 Å². The van der Waals surface area contributed by atoms with Crippen molar-refractivity contribution in [3.8, 4) is 0 Å². The van der Waals surface area contributed by atoms with Gasteiger partial charge in [-0.25, -0.2) is 0 Å². The predicted octanol–water partition coefficient (Wildman–Crippen LogP) is -0.759. The summed E-state index contributed by atoms with van der Waals surface area (Å²) in [4.78, 5) is 1.82. The molecule has 1 fully saturated rings. The van der Waals surface area contributed by atoms with Gasteiger partial charge in [-0.15, -0.1) is 0 Å². The molecule has 1 aliphatic rings. The molecular weight excluding hydrogens is 134 g/mol. The first-order valence-electron chi connectivity index (χ1n) is 3.37. The van der Waals surface area contributed by atoms with Gasteiger partial charge in [-0.1, -0.05) is 0 Å². The maximum Gasteiger partial charge on any atom is 0.215 e. The Morgan fingerprint density at radius 2 is 2.10 bits per heavy atom. The SMILES string of the molecule is CO[C@@H](O)N1CCOCC1. The van der Waals surface area contributed by atoms with Crippen molar-refractivity contribution in [3.63, 3.8) is 0 Å². The van der Waals surface area contributed by atoms with Crippen molar-refractivity contribution in [2.24, 2.45) is 0 Å². The van der Waals surface area contributed by atoms with Gasteiger partial charge in [0, 0.05) is 20.2 Å². The fourth-order valence-corrected chi connectivity index (χ4v) is 0.947. The summed E-state index contributed by atoms with van der Waals surface area (Å²) in [5.74, 6) is 0. The monoisotopic (exact) mass is 147 g/mol. The number of hydrogen-bond donors (Lipinski definition) is 1. The van der Waals surface area contributed by atoms with Gasteiger partial charge < -0.3 is 14.6 Å². The van der Waals surface area contributed by atoms with E-state index in [1.165, 1.54) is 7.11 Å². The zero-order valence-electron chi connectivity index (χ0n) is 6.12. The molecule has 0 amide bonds. The number of hydrogen-bond acceptors (Lipinski definition) is 4. The molecule has 0 bridgehead atoms. The van der Waals surface area contributed by atoms with E-state index in [1.54, 1.807) is 0 Å². The Kier molecular flexibility index (Phi) is 3.08. The van der Waals surface area contributed by atoms with E-state index in [9.17, 15) is 0 Å². The molecule has 1 saturated heterocycles. The smallest absolute Gasteiger partial charge is 0.215 e. The number of aliphatic hydroxyl groups is 1. The highest BCUT2D eigenvalue weighted by molar-refractivity contribution is 4.59. The first-order valence-corrected chi connectivity index (χ1v) is 3.37. The van der Waals surface area contributed by atoms with Crippen molar-refractivity contribution in [2.75, 3.05) is 33.4 Å². The third-order valence-corrected chi connectivity index (χ3v) is 1.57. The summed E-state index contributed by atoms with van der Waals surface area (Å²) in [5.41, 5.74) is 0. The molecule has 0 aliphatic carbocycles. The normalized spacial score (nSPS) is 24.6. The quantitative estimate of drug-likeness (QED) is 0.521. The second kappa shape index (κ2) is 3.88. The number of nitrogens with zero attached hydrogens (tertiary/aromatic N) is 1. The minimum Gasteiger partial charge on any atom is -0.379 e. The first kappa shape index (κ1) is 7.94. The highest BCUT2D eigenvalue weighted by Crippen LogP contribution is 2.00. The standard InChI is InChI=1S/C6H13NO3/c1-9-6(8)7-2-4-10-5-3-7/h6,8H,2-5H2,1H3/t6-/m1/s1. The third kappa shape index (κ3) is 1.91. The van der Waals surface area contributed by atoms with Gasteiger partial charge in [0.1, 0.15) is 0 Å². The molecule has 1 rings (SSSR count). The first-order chi connectivity index (χ1) is 4.84. The molecule has 4 heteroatoms. The Balaban J connectivity index is 2.24. The summed E-state index contributed by atoms with van der Waals surface area (Å²) in [7, 11) is 1.49. The van der Waals surface area contributed by atoms with Crippen molar-refractivity contribution >= 4 is 0 Å². The highest BCUT2D eigenvalue weighted by atomic mass is 16.6. The number of ether oxygens (including phenoxy) is 2. The third-order valence-electron chi connectivity index (χ3n) is 1.57. The molecule has 1 aliphatic heterocycles. The largest absolute Gasteiger partial charge is 0.379 e. The maximum atomic E-state index is 9.13.